The first-order chi connectivity index (χ1) is 7.34. The van der Waals surface area contributed by atoms with Crippen LogP contribution in [0.15, 0.2) is 24.3 Å². The Morgan fingerprint density at radius 2 is 2.00 bits per heavy atom. The monoisotopic (exact) mass is 260 g/mol. The van der Waals surface area contributed by atoms with Gasteiger partial charge in [0.1, 0.15) is 12.4 Å². The van der Waals surface area contributed by atoms with Crippen LogP contribution in [0.4, 0.5) is 0 Å². The largest absolute Gasteiger partial charge is 1.00 e. The maximum Gasteiger partial charge on any atom is 0.120 e. The van der Waals surface area contributed by atoms with Crippen LogP contribution >= 0.6 is 11.6 Å². The summed E-state index contributed by atoms with van der Waals surface area (Å²) in [4.78, 5) is 2.44. The molecule has 1 aromatic rings. The van der Waals surface area contributed by atoms with Gasteiger partial charge in [-0.3, -0.25) is 4.90 Å². The molecule has 0 bridgehead atoms. The molecule has 1 heterocycles. The highest BCUT2D eigenvalue weighted by Crippen LogP contribution is 2.17. The summed E-state index contributed by atoms with van der Waals surface area (Å²) in [5.41, 5.74) is 0. The molecule has 0 unspecified atom stereocenters. The van der Waals surface area contributed by atoms with Crippen LogP contribution in [0.2, 0.25) is 5.02 Å². The fourth-order valence-electron chi connectivity index (χ4n) is 1.86. The number of hydrogen-bond acceptors (Lipinski definition) is 2. The molecule has 0 N–H and O–H groups in total. The van der Waals surface area contributed by atoms with Crippen molar-refractivity contribution in [3.63, 3.8) is 0 Å². The van der Waals surface area contributed by atoms with Crippen LogP contribution in [-0.4, -0.2) is 31.1 Å². The summed E-state index contributed by atoms with van der Waals surface area (Å²) in [6.07, 6.45) is 2.66. The highest BCUT2D eigenvalue weighted by Gasteiger charge is 2.10. The van der Waals surface area contributed by atoms with Gasteiger partial charge in [-0.2, -0.15) is 0 Å². The maximum absolute atomic E-state index is 5.86. The van der Waals surface area contributed by atoms with E-state index in [0.717, 1.165) is 23.9 Å². The molecule has 4 heteroatoms. The molecule has 0 aromatic heterocycles. The minimum Gasteiger partial charge on any atom is -1.00 e. The van der Waals surface area contributed by atoms with Gasteiger partial charge in [-0.15, -0.1) is 0 Å². The Morgan fingerprint density at radius 1 is 1.25 bits per heavy atom. The molecule has 2 rings (SSSR count). The summed E-state index contributed by atoms with van der Waals surface area (Å²) in [7, 11) is 0. The highest BCUT2D eigenvalue weighted by atomic mass is 35.5. The number of halogens is 2. The van der Waals surface area contributed by atoms with Crippen molar-refractivity contribution in [3.8, 4) is 5.75 Å². The van der Waals surface area contributed by atoms with E-state index in [9.17, 15) is 0 Å². The summed E-state index contributed by atoms with van der Waals surface area (Å²) >= 11 is 5.86. The van der Waals surface area contributed by atoms with E-state index in [1.165, 1.54) is 25.9 Å². The molecule has 1 saturated heterocycles. The van der Waals surface area contributed by atoms with Crippen LogP contribution in [-0.2, 0) is 0 Å². The predicted octanol–water partition coefficient (Wildman–Crippen LogP) is -0.181. The molecule has 1 fully saturated rings. The van der Waals surface area contributed by atoms with Crippen LogP contribution in [0.3, 0.4) is 0 Å². The Kier molecular flexibility index (Phi) is 5.96. The average Bonchev–Trinajstić information content (AvgIpc) is 2.71. The summed E-state index contributed by atoms with van der Waals surface area (Å²) in [6.45, 7) is 4.21. The minimum absolute atomic E-state index is 0. The molecule has 1 aliphatic rings. The van der Waals surface area contributed by atoms with Crippen LogP contribution < -0.4 is 17.1 Å². The molecule has 0 radical (unpaired) electrons. The molecule has 0 aliphatic carbocycles. The van der Waals surface area contributed by atoms with Gasteiger partial charge in [-0.25, -0.2) is 0 Å². The molecular formula is C12H16Cl2NO-. The molecule has 0 saturated carbocycles. The van der Waals surface area contributed by atoms with Crippen molar-refractivity contribution in [3.05, 3.63) is 29.3 Å². The SMILES string of the molecule is Clc1cccc(OCCN2CCCC2)c1.[Cl-]. The molecule has 1 aromatic carbocycles. The van der Waals surface area contributed by atoms with E-state index in [4.69, 9.17) is 16.3 Å². The third-order valence-electron chi connectivity index (χ3n) is 2.67. The molecule has 16 heavy (non-hydrogen) atoms. The zero-order valence-corrected chi connectivity index (χ0v) is 10.7. The van der Waals surface area contributed by atoms with E-state index in [2.05, 4.69) is 4.90 Å². The number of likely N-dealkylation sites (tertiary alicyclic amines) is 1. The normalized spacial score (nSPS) is 15.8. The summed E-state index contributed by atoms with van der Waals surface area (Å²) in [6, 6.07) is 7.56. The lowest BCUT2D eigenvalue weighted by Gasteiger charge is -2.14. The Labute approximate surface area is 108 Å². The molecule has 1 aliphatic heterocycles. The summed E-state index contributed by atoms with van der Waals surface area (Å²) < 4.78 is 5.62. The lowest BCUT2D eigenvalue weighted by atomic mass is 10.3. The Bertz CT molecular complexity index is 314. The minimum atomic E-state index is 0. The Morgan fingerprint density at radius 3 is 2.69 bits per heavy atom. The second kappa shape index (κ2) is 7.00. The van der Waals surface area contributed by atoms with Gasteiger partial charge in [0.15, 0.2) is 0 Å². The Hall–Kier alpha value is -0.440. The molecular weight excluding hydrogens is 245 g/mol. The van der Waals surface area contributed by atoms with Gasteiger partial charge in [-0.1, -0.05) is 17.7 Å². The average molecular weight is 261 g/mol. The molecule has 2 nitrogen and oxygen atoms in total. The first-order valence-electron chi connectivity index (χ1n) is 5.45. The predicted molar refractivity (Wildman–Crippen MR) is 62.6 cm³/mol. The molecule has 0 amide bonds. The van der Waals surface area contributed by atoms with Crippen LogP contribution in [0.1, 0.15) is 12.8 Å². The first-order valence-corrected chi connectivity index (χ1v) is 5.83. The summed E-state index contributed by atoms with van der Waals surface area (Å²) in [5, 5.41) is 0.730. The maximum atomic E-state index is 5.86. The van der Waals surface area contributed by atoms with Crippen molar-refractivity contribution in [1.29, 1.82) is 0 Å². The zero-order chi connectivity index (χ0) is 10.5. The quantitative estimate of drug-likeness (QED) is 0.745. The van der Waals surface area contributed by atoms with Gasteiger partial charge in [0.25, 0.3) is 0 Å². The number of nitrogens with zero attached hydrogens (tertiary/aromatic N) is 1. The van der Waals surface area contributed by atoms with Crippen molar-refractivity contribution in [2.45, 2.75) is 12.8 Å². The topological polar surface area (TPSA) is 12.5 Å². The van der Waals surface area contributed by atoms with E-state index in [1.807, 2.05) is 24.3 Å². The first kappa shape index (κ1) is 13.6. The molecule has 90 valence electrons. The molecule has 0 atom stereocenters. The van der Waals surface area contributed by atoms with E-state index < -0.39 is 0 Å². The standard InChI is InChI=1S/C12H16ClNO.ClH/c13-11-4-3-5-12(10-11)15-9-8-14-6-1-2-7-14;/h3-5,10H,1-2,6-9H2;1H/p-1. The van der Waals surface area contributed by atoms with Gasteiger partial charge in [0.05, 0.1) is 0 Å². The van der Waals surface area contributed by atoms with E-state index in [0.29, 0.717) is 0 Å². The Balaban J connectivity index is 0.00000128. The third kappa shape index (κ3) is 4.20. The van der Waals surface area contributed by atoms with Crippen LogP contribution in [0, 0.1) is 0 Å². The van der Waals surface area contributed by atoms with Gasteiger partial charge < -0.3 is 17.1 Å². The fourth-order valence-corrected chi connectivity index (χ4v) is 2.04. The zero-order valence-electron chi connectivity index (χ0n) is 9.16. The molecule has 0 spiro atoms. The van der Waals surface area contributed by atoms with Gasteiger partial charge in [0, 0.05) is 11.6 Å². The van der Waals surface area contributed by atoms with E-state index in [-0.39, 0.29) is 12.4 Å². The van der Waals surface area contributed by atoms with Gasteiger partial charge in [0.2, 0.25) is 0 Å². The number of benzene rings is 1. The van der Waals surface area contributed by atoms with Crippen LogP contribution in [0.25, 0.3) is 0 Å². The van der Waals surface area contributed by atoms with Gasteiger partial charge >= 0.3 is 0 Å². The van der Waals surface area contributed by atoms with Crippen molar-refractivity contribution < 1.29 is 17.1 Å². The smallest absolute Gasteiger partial charge is 0.120 e. The van der Waals surface area contributed by atoms with E-state index in [1.54, 1.807) is 0 Å². The second-order valence-electron chi connectivity index (χ2n) is 3.85. The number of ether oxygens (including phenoxy) is 1. The lowest BCUT2D eigenvalue weighted by molar-refractivity contribution is -0.00000349. The van der Waals surface area contributed by atoms with Crippen molar-refractivity contribution in [2.24, 2.45) is 0 Å². The van der Waals surface area contributed by atoms with E-state index >= 15 is 0 Å². The number of rotatable bonds is 4. The fraction of sp³-hybridized carbons (Fsp3) is 0.500. The van der Waals surface area contributed by atoms with Crippen LogP contribution in [0.5, 0.6) is 5.75 Å². The van der Waals surface area contributed by atoms with Gasteiger partial charge in [-0.05, 0) is 44.1 Å². The van der Waals surface area contributed by atoms with Crippen molar-refractivity contribution in [1.82, 2.24) is 4.90 Å². The lowest BCUT2D eigenvalue weighted by Crippen LogP contribution is -3.00. The van der Waals surface area contributed by atoms with Crippen molar-refractivity contribution >= 4 is 11.6 Å². The summed E-state index contributed by atoms with van der Waals surface area (Å²) in [5.74, 6) is 0.863. The van der Waals surface area contributed by atoms with Crippen molar-refractivity contribution in [2.75, 3.05) is 26.2 Å². The second-order valence-corrected chi connectivity index (χ2v) is 4.29. The number of hydrogen-bond donors (Lipinski definition) is 0. The highest BCUT2D eigenvalue weighted by molar-refractivity contribution is 6.30. The third-order valence-corrected chi connectivity index (χ3v) is 2.91.